The van der Waals surface area contributed by atoms with Crippen molar-refractivity contribution < 1.29 is 0 Å². The zero-order valence-corrected chi connectivity index (χ0v) is 48.0. The van der Waals surface area contributed by atoms with E-state index in [1.54, 1.807) is 0 Å². The second-order valence-electron chi connectivity index (χ2n) is 23.7. The van der Waals surface area contributed by atoms with Crippen LogP contribution in [0.2, 0.25) is 0 Å². The van der Waals surface area contributed by atoms with Gasteiger partial charge >= 0.3 is 0 Å². The molecule has 0 unspecified atom stereocenters. The largest absolute Gasteiger partial charge is 0.134 e. The predicted molar refractivity (Wildman–Crippen MR) is 309 cm³/mol. The first kappa shape index (κ1) is 50.1. The Kier molecular flexibility index (Phi) is 13.1. The van der Waals surface area contributed by atoms with Crippen molar-refractivity contribution in [2.75, 3.05) is 0 Å². The highest BCUT2D eigenvalue weighted by Crippen LogP contribution is 2.55. The molecular formula is C64H74S4. The summed E-state index contributed by atoms with van der Waals surface area (Å²) in [5.74, 6) is 0. The van der Waals surface area contributed by atoms with Gasteiger partial charge < -0.3 is 0 Å². The molecule has 0 spiro atoms. The summed E-state index contributed by atoms with van der Waals surface area (Å²) >= 11 is 8.00. The molecule has 0 aliphatic rings. The average Bonchev–Trinajstić information content (AvgIpc) is 3.94. The fourth-order valence-electron chi connectivity index (χ4n) is 9.40. The van der Waals surface area contributed by atoms with Crippen molar-refractivity contribution in [2.45, 2.75) is 160 Å². The van der Waals surface area contributed by atoms with Crippen molar-refractivity contribution in [3.63, 3.8) is 0 Å². The van der Waals surface area contributed by atoms with Crippen LogP contribution in [0, 0.1) is 55.4 Å². The number of rotatable bonds is 7. The third-order valence-electron chi connectivity index (χ3n) is 14.8. The normalized spacial score (nSPS) is 12.7. The molecule has 68 heavy (non-hydrogen) atoms. The average molecular weight is 972 g/mol. The first-order chi connectivity index (χ1) is 31.6. The van der Waals surface area contributed by atoms with E-state index in [1.807, 2.05) is 45.3 Å². The minimum absolute atomic E-state index is 0.0411. The highest BCUT2D eigenvalue weighted by molar-refractivity contribution is 7.30. The van der Waals surface area contributed by atoms with Crippen molar-refractivity contribution in [3.8, 4) is 72.4 Å². The first-order valence-electron chi connectivity index (χ1n) is 24.5. The van der Waals surface area contributed by atoms with E-state index in [2.05, 4.69) is 223 Å². The zero-order chi connectivity index (χ0) is 49.7. The van der Waals surface area contributed by atoms with Gasteiger partial charge in [-0.15, -0.1) is 45.3 Å². The lowest BCUT2D eigenvalue weighted by Crippen LogP contribution is -2.11. The molecule has 0 N–H and O–H groups in total. The Morgan fingerprint density at radius 2 is 0.441 bits per heavy atom. The molecule has 0 nitrogen and oxygen atoms in total. The maximum atomic E-state index is 2.48. The Balaban J connectivity index is 1.22. The molecule has 0 saturated carbocycles. The standard InChI is InChI=1S/C64H74S4/c1-35-37(3)55(65-53(35)51-33-47(63(15,16)17)29-31-49(51)43-21-25-45(26-22-43)61(9,10)11)57-39(5)41(7)59(67-57)60-42(8)40(6)58(68-60)56-38(4)36(2)54(66-56)52-34-48(64(18,19)20)30-32-50(52)44-23-27-46(28-24-44)62(12,13)14/h21-34H,1-20H3. The molecule has 8 rings (SSSR count). The van der Waals surface area contributed by atoms with Crippen LogP contribution in [0.25, 0.3) is 72.4 Å². The molecule has 0 fully saturated rings. The Bertz CT molecular complexity index is 2970. The highest BCUT2D eigenvalue weighted by atomic mass is 32.1. The summed E-state index contributed by atoms with van der Waals surface area (Å²) in [5, 5.41) is 0. The molecule has 4 aromatic carbocycles. The maximum absolute atomic E-state index is 2.48. The molecule has 0 radical (unpaired) electrons. The number of hydrogen-bond acceptors (Lipinski definition) is 4. The van der Waals surface area contributed by atoms with Crippen LogP contribution in [-0.4, -0.2) is 0 Å². The van der Waals surface area contributed by atoms with Crippen molar-refractivity contribution in [1.29, 1.82) is 0 Å². The van der Waals surface area contributed by atoms with Gasteiger partial charge in [-0.3, -0.25) is 0 Å². The van der Waals surface area contributed by atoms with Gasteiger partial charge in [-0.1, -0.05) is 156 Å². The number of hydrogen-bond donors (Lipinski definition) is 0. The van der Waals surface area contributed by atoms with Gasteiger partial charge in [0, 0.05) is 50.1 Å². The Morgan fingerprint density at radius 3 is 0.676 bits per heavy atom. The van der Waals surface area contributed by atoms with Crippen LogP contribution in [0.5, 0.6) is 0 Å². The summed E-state index contributed by atoms with van der Waals surface area (Å²) in [4.78, 5) is 11.2. The summed E-state index contributed by atoms with van der Waals surface area (Å²) in [6.45, 7) is 46.6. The fraction of sp³-hybridized carbons (Fsp3) is 0.375. The van der Waals surface area contributed by atoms with Crippen LogP contribution in [0.4, 0.5) is 0 Å². The van der Waals surface area contributed by atoms with Gasteiger partial charge in [0.15, 0.2) is 0 Å². The number of thiophene rings is 4. The van der Waals surface area contributed by atoms with E-state index in [-0.39, 0.29) is 21.7 Å². The SMILES string of the molecule is Cc1c(-c2cc(C(C)(C)C)ccc2-c2ccc(C(C)(C)C)cc2)sc(-c2sc(-c3sc(-c4sc(-c5cc(C(C)(C)C)ccc5-c5ccc(C(C)(C)C)cc5)c(C)c4C)c(C)c3C)c(C)c2C)c1C. The summed E-state index contributed by atoms with van der Waals surface area (Å²) in [6.07, 6.45) is 0. The van der Waals surface area contributed by atoms with E-state index in [4.69, 9.17) is 0 Å². The van der Waals surface area contributed by atoms with Crippen LogP contribution in [-0.2, 0) is 21.7 Å². The van der Waals surface area contributed by atoms with Crippen LogP contribution < -0.4 is 0 Å². The topological polar surface area (TPSA) is 0 Å². The molecule has 0 atom stereocenters. The fourth-order valence-corrected chi connectivity index (χ4v) is 15.4. The molecule has 0 saturated heterocycles. The Hall–Kier alpha value is -4.32. The highest BCUT2D eigenvalue weighted by Gasteiger charge is 2.29. The van der Waals surface area contributed by atoms with Crippen LogP contribution in [0.15, 0.2) is 84.9 Å². The summed E-state index contributed by atoms with van der Waals surface area (Å²) in [7, 11) is 0. The lowest BCUT2D eigenvalue weighted by atomic mass is 9.83. The van der Waals surface area contributed by atoms with Crippen molar-refractivity contribution in [2.24, 2.45) is 0 Å². The second kappa shape index (κ2) is 17.8. The van der Waals surface area contributed by atoms with Gasteiger partial charge in [0.2, 0.25) is 0 Å². The maximum Gasteiger partial charge on any atom is 0.0484 e. The molecule has 8 aromatic rings. The van der Waals surface area contributed by atoms with E-state index in [1.165, 1.54) is 139 Å². The van der Waals surface area contributed by atoms with Crippen molar-refractivity contribution in [1.82, 2.24) is 0 Å². The van der Waals surface area contributed by atoms with E-state index < -0.39 is 0 Å². The Morgan fingerprint density at radius 1 is 0.235 bits per heavy atom. The molecule has 0 amide bonds. The van der Waals surface area contributed by atoms with E-state index in [0.717, 1.165) is 0 Å². The predicted octanol–water partition coefficient (Wildman–Crippen LogP) is 21.3. The zero-order valence-electron chi connectivity index (χ0n) is 44.7. The molecule has 4 aromatic heterocycles. The van der Waals surface area contributed by atoms with Gasteiger partial charge in [0.1, 0.15) is 0 Å². The third kappa shape index (κ3) is 9.13. The van der Waals surface area contributed by atoms with Crippen LogP contribution in [0.1, 0.15) is 150 Å². The lowest BCUT2D eigenvalue weighted by Gasteiger charge is -2.22. The third-order valence-corrected chi connectivity index (χ3v) is 20.9. The summed E-state index contributed by atoms with van der Waals surface area (Å²) < 4.78 is 0. The second-order valence-corrected chi connectivity index (χ2v) is 27.8. The van der Waals surface area contributed by atoms with Crippen molar-refractivity contribution in [3.05, 3.63) is 152 Å². The monoisotopic (exact) mass is 970 g/mol. The smallest absolute Gasteiger partial charge is 0.0484 e. The van der Waals surface area contributed by atoms with Gasteiger partial charge in [0.25, 0.3) is 0 Å². The van der Waals surface area contributed by atoms with Crippen LogP contribution >= 0.6 is 45.3 Å². The molecule has 0 aliphatic heterocycles. The molecular weight excluding hydrogens is 897 g/mol. The van der Waals surface area contributed by atoms with Gasteiger partial charge in [-0.25, -0.2) is 0 Å². The van der Waals surface area contributed by atoms with Crippen molar-refractivity contribution >= 4 is 45.3 Å². The summed E-state index contributed by atoms with van der Waals surface area (Å²) in [6, 6.07) is 33.0. The molecule has 354 valence electrons. The summed E-state index contributed by atoms with van der Waals surface area (Å²) in [5.41, 5.74) is 24.8. The molecule has 4 heterocycles. The van der Waals surface area contributed by atoms with E-state index in [9.17, 15) is 0 Å². The van der Waals surface area contributed by atoms with Crippen LogP contribution in [0.3, 0.4) is 0 Å². The van der Waals surface area contributed by atoms with Gasteiger partial charge in [-0.2, -0.15) is 0 Å². The minimum Gasteiger partial charge on any atom is -0.134 e. The molecule has 0 bridgehead atoms. The quantitative estimate of drug-likeness (QED) is 0.149. The molecule has 0 aliphatic carbocycles. The van der Waals surface area contributed by atoms with E-state index in [0.29, 0.717) is 0 Å². The van der Waals surface area contributed by atoms with Gasteiger partial charge in [0.05, 0.1) is 0 Å². The lowest BCUT2D eigenvalue weighted by molar-refractivity contribution is 0.590. The minimum atomic E-state index is 0.0411. The van der Waals surface area contributed by atoms with E-state index >= 15 is 0 Å². The Labute approximate surface area is 426 Å². The van der Waals surface area contributed by atoms with Gasteiger partial charge in [-0.05, 0) is 178 Å². The number of benzene rings is 4. The molecule has 4 heteroatoms. The first-order valence-corrected chi connectivity index (χ1v) is 27.8.